The zero-order valence-corrected chi connectivity index (χ0v) is 13.1. The summed E-state index contributed by atoms with van der Waals surface area (Å²) in [6.07, 6.45) is 0. The van der Waals surface area contributed by atoms with E-state index in [1.807, 2.05) is 24.3 Å². The van der Waals surface area contributed by atoms with E-state index in [2.05, 4.69) is 10.5 Å². The van der Waals surface area contributed by atoms with Crippen molar-refractivity contribution in [1.82, 2.24) is 5.43 Å². The lowest BCUT2D eigenvalue weighted by molar-refractivity contribution is -0.138. The van der Waals surface area contributed by atoms with Gasteiger partial charge in [-0.2, -0.15) is 5.10 Å². The minimum Gasteiger partial charge on any atom is -0.375 e. The third kappa shape index (κ3) is 3.53. The van der Waals surface area contributed by atoms with Gasteiger partial charge in [-0.3, -0.25) is 4.79 Å². The van der Waals surface area contributed by atoms with Gasteiger partial charge in [0.25, 0.3) is 5.91 Å². The lowest BCUT2D eigenvalue weighted by atomic mass is 9.95. The predicted molar refractivity (Wildman–Crippen MR) is 87.8 cm³/mol. The number of hydrogen-bond acceptors (Lipinski definition) is 3. The van der Waals surface area contributed by atoms with Crippen molar-refractivity contribution in [1.29, 1.82) is 0 Å². The van der Waals surface area contributed by atoms with Crippen LogP contribution in [0.3, 0.4) is 0 Å². The fourth-order valence-electron chi connectivity index (χ4n) is 1.95. The van der Waals surface area contributed by atoms with Crippen molar-refractivity contribution >= 4 is 23.2 Å². The van der Waals surface area contributed by atoms with Gasteiger partial charge < -0.3 is 5.11 Å². The molecule has 2 rings (SSSR count). The van der Waals surface area contributed by atoms with E-state index in [-0.39, 0.29) is 0 Å². The predicted octanol–water partition coefficient (Wildman–Crippen LogP) is 3.09. The average Bonchev–Trinajstić information content (AvgIpc) is 2.53. The van der Waals surface area contributed by atoms with E-state index in [0.29, 0.717) is 16.3 Å². The van der Waals surface area contributed by atoms with Crippen LogP contribution in [0.1, 0.15) is 25.0 Å². The van der Waals surface area contributed by atoms with E-state index < -0.39 is 11.5 Å². The Labute approximate surface area is 134 Å². The highest BCUT2D eigenvalue weighted by Gasteiger charge is 2.32. The number of nitrogens with zero attached hydrogens (tertiary/aromatic N) is 1. The summed E-state index contributed by atoms with van der Waals surface area (Å²) in [5.74, 6) is -0.606. The topological polar surface area (TPSA) is 61.7 Å². The van der Waals surface area contributed by atoms with Crippen LogP contribution in [0.25, 0.3) is 0 Å². The highest BCUT2D eigenvalue weighted by molar-refractivity contribution is 6.34. The van der Waals surface area contributed by atoms with Gasteiger partial charge >= 0.3 is 0 Å². The molecular formula is C17H17ClN2O2. The van der Waals surface area contributed by atoms with Crippen LogP contribution in [0.2, 0.25) is 5.02 Å². The van der Waals surface area contributed by atoms with Crippen molar-refractivity contribution in [2.75, 3.05) is 0 Å². The van der Waals surface area contributed by atoms with Gasteiger partial charge in [0.05, 0.1) is 5.71 Å². The van der Waals surface area contributed by atoms with Crippen LogP contribution in [0.4, 0.5) is 0 Å². The smallest absolute Gasteiger partial charge is 0.276 e. The SMILES string of the molecule is C/C(=N\NC(=O)C(C)(O)c1ccccc1)c1ccccc1Cl. The minimum atomic E-state index is -1.66. The molecule has 0 radical (unpaired) electrons. The van der Waals surface area contributed by atoms with Gasteiger partial charge in [0.2, 0.25) is 0 Å². The summed E-state index contributed by atoms with van der Waals surface area (Å²) >= 11 is 6.08. The number of nitrogens with one attached hydrogen (secondary N) is 1. The molecule has 0 heterocycles. The summed E-state index contributed by atoms with van der Waals surface area (Å²) in [4.78, 5) is 12.2. The maximum absolute atomic E-state index is 12.2. The van der Waals surface area contributed by atoms with Crippen LogP contribution in [0.5, 0.6) is 0 Å². The van der Waals surface area contributed by atoms with E-state index in [1.54, 1.807) is 37.3 Å². The van der Waals surface area contributed by atoms with Crippen LogP contribution in [0.15, 0.2) is 59.7 Å². The Morgan fingerprint density at radius 2 is 1.73 bits per heavy atom. The number of aliphatic hydroxyl groups is 1. The summed E-state index contributed by atoms with van der Waals surface area (Å²) in [6.45, 7) is 3.16. The normalized spacial score (nSPS) is 14.3. The van der Waals surface area contributed by atoms with Gasteiger partial charge in [0, 0.05) is 10.6 Å². The number of hydrogen-bond donors (Lipinski definition) is 2. The van der Waals surface area contributed by atoms with Crippen molar-refractivity contribution < 1.29 is 9.90 Å². The molecule has 22 heavy (non-hydrogen) atoms. The van der Waals surface area contributed by atoms with Crippen molar-refractivity contribution in [2.24, 2.45) is 5.10 Å². The Morgan fingerprint density at radius 3 is 2.36 bits per heavy atom. The second-order valence-electron chi connectivity index (χ2n) is 5.06. The van der Waals surface area contributed by atoms with Gasteiger partial charge in [-0.05, 0) is 25.5 Å². The number of hydrazone groups is 1. The van der Waals surface area contributed by atoms with Crippen molar-refractivity contribution in [3.63, 3.8) is 0 Å². The summed E-state index contributed by atoms with van der Waals surface area (Å²) in [7, 11) is 0. The molecule has 0 spiro atoms. The molecule has 0 aliphatic carbocycles. The van der Waals surface area contributed by atoms with Gasteiger partial charge in [0.1, 0.15) is 0 Å². The standard InChI is InChI=1S/C17H17ClN2O2/c1-12(14-10-6-7-11-15(14)18)19-20-16(21)17(2,22)13-8-4-3-5-9-13/h3-11,22H,1-2H3,(H,20,21)/b19-12+. The van der Waals surface area contributed by atoms with E-state index in [4.69, 9.17) is 11.6 Å². The molecular weight excluding hydrogens is 300 g/mol. The molecule has 1 amide bonds. The van der Waals surface area contributed by atoms with E-state index >= 15 is 0 Å². The molecule has 0 aliphatic heterocycles. The Balaban J connectivity index is 2.16. The molecule has 4 nitrogen and oxygen atoms in total. The molecule has 2 N–H and O–H groups in total. The van der Waals surface area contributed by atoms with E-state index in [0.717, 1.165) is 5.56 Å². The van der Waals surface area contributed by atoms with Gasteiger partial charge in [-0.1, -0.05) is 60.1 Å². The lowest BCUT2D eigenvalue weighted by Crippen LogP contribution is -2.40. The number of amides is 1. The maximum Gasteiger partial charge on any atom is 0.276 e. The molecule has 0 saturated carbocycles. The van der Waals surface area contributed by atoms with Crippen LogP contribution in [-0.2, 0) is 10.4 Å². The molecule has 5 heteroatoms. The Hall–Kier alpha value is -2.17. The molecule has 114 valence electrons. The van der Waals surface area contributed by atoms with Gasteiger partial charge in [-0.15, -0.1) is 0 Å². The number of rotatable bonds is 4. The molecule has 0 saturated heterocycles. The number of carbonyl (C=O) groups excluding carboxylic acids is 1. The Morgan fingerprint density at radius 1 is 1.14 bits per heavy atom. The molecule has 0 aliphatic rings. The molecule has 1 unspecified atom stereocenters. The summed E-state index contributed by atoms with van der Waals surface area (Å²) in [6, 6.07) is 15.9. The molecule has 2 aromatic rings. The average molecular weight is 317 g/mol. The monoisotopic (exact) mass is 316 g/mol. The second kappa shape index (κ2) is 6.73. The second-order valence-corrected chi connectivity index (χ2v) is 5.46. The van der Waals surface area contributed by atoms with E-state index in [9.17, 15) is 9.90 Å². The maximum atomic E-state index is 12.2. The fourth-order valence-corrected chi connectivity index (χ4v) is 2.22. The van der Waals surface area contributed by atoms with Crippen molar-refractivity contribution in [3.8, 4) is 0 Å². The molecule has 0 bridgehead atoms. The van der Waals surface area contributed by atoms with Crippen LogP contribution in [-0.4, -0.2) is 16.7 Å². The molecule has 0 aromatic heterocycles. The first-order valence-electron chi connectivity index (χ1n) is 6.80. The first kappa shape index (κ1) is 16.2. The highest BCUT2D eigenvalue weighted by atomic mass is 35.5. The number of benzene rings is 2. The number of halogens is 1. The Bertz CT molecular complexity index is 697. The van der Waals surface area contributed by atoms with Gasteiger partial charge in [0.15, 0.2) is 5.60 Å². The quantitative estimate of drug-likeness (QED) is 0.672. The van der Waals surface area contributed by atoms with Gasteiger partial charge in [-0.25, -0.2) is 5.43 Å². The first-order valence-corrected chi connectivity index (χ1v) is 7.18. The van der Waals surface area contributed by atoms with Crippen LogP contribution in [0, 0.1) is 0 Å². The Kier molecular flexibility index (Phi) is 4.96. The van der Waals surface area contributed by atoms with Crippen molar-refractivity contribution in [2.45, 2.75) is 19.4 Å². The summed E-state index contributed by atoms with van der Waals surface area (Å²) in [5.41, 5.74) is 2.51. The molecule has 1 atom stereocenters. The zero-order chi connectivity index (χ0) is 16.2. The fraction of sp³-hybridized carbons (Fsp3) is 0.176. The molecule has 2 aromatic carbocycles. The van der Waals surface area contributed by atoms with Crippen LogP contribution >= 0.6 is 11.6 Å². The third-order valence-electron chi connectivity index (χ3n) is 3.37. The minimum absolute atomic E-state index is 0.498. The zero-order valence-electron chi connectivity index (χ0n) is 12.4. The highest BCUT2D eigenvalue weighted by Crippen LogP contribution is 2.20. The summed E-state index contributed by atoms with van der Waals surface area (Å²) in [5, 5.41) is 15.0. The number of carbonyl (C=O) groups is 1. The summed E-state index contributed by atoms with van der Waals surface area (Å²) < 4.78 is 0. The van der Waals surface area contributed by atoms with Crippen molar-refractivity contribution in [3.05, 3.63) is 70.7 Å². The lowest BCUT2D eigenvalue weighted by Gasteiger charge is -2.21. The van der Waals surface area contributed by atoms with E-state index in [1.165, 1.54) is 6.92 Å². The largest absolute Gasteiger partial charge is 0.375 e. The third-order valence-corrected chi connectivity index (χ3v) is 3.70. The van der Waals surface area contributed by atoms with Crippen LogP contribution < -0.4 is 5.43 Å². The molecule has 0 fully saturated rings. The first-order chi connectivity index (χ1) is 10.4.